The lowest BCUT2D eigenvalue weighted by atomic mass is 10.2. The molecule has 31 heavy (non-hydrogen) atoms. The molecule has 0 bridgehead atoms. The third kappa shape index (κ3) is 4.07. The minimum absolute atomic E-state index is 0.0253. The van der Waals surface area contributed by atoms with Crippen LogP contribution in [0.3, 0.4) is 0 Å². The van der Waals surface area contributed by atoms with Gasteiger partial charge in [0.1, 0.15) is 5.82 Å². The van der Waals surface area contributed by atoms with Crippen LogP contribution in [0.1, 0.15) is 25.0 Å². The summed E-state index contributed by atoms with van der Waals surface area (Å²) in [5, 5.41) is 12.3. The van der Waals surface area contributed by atoms with Crippen molar-refractivity contribution >= 4 is 44.1 Å². The highest BCUT2D eigenvalue weighted by atomic mass is 32.2. The van der Waals surface area contributed by atoms with E-state index in [1.165, 1.54) is 37.4 Å². The predicted octanol–water partition coefficient (Wildman–Crippen LogP) is 3.14. The second-order valence-corrected chi connectivity index (χ2v) is 8.09. The van der Waals surface area contributed by atoms with Crippen LogP contribution in [0.4, 0.5) is 23.1 Å². The Balaban J connectivity index is 1.79. The van der Waals surface area contributed by atoms with E-state index in [2.05, 4.69) is 20.4 Å². The van der Waals surface area contributed by atoms with Crippen molar-refractivity contribution in [3.05, 3.63) is 59.9 Å². The summed E-state index contributed by atoms with van der Waals surface area (Å²) in [7, 11) is -4.43. The Morgan fingerprint density at radius 2 is 2.13 bits per heavy atom. The lowest BCUT2D eigenvalue weighted by Gasteiger charge is -2.19. The van der Waals surface area contributed by atoms with Gasteiger partial charge in [0, 0.05) is 54.9 Å². The zero-order valence-corrected chi connectivity index (χ0v) is 16.9. The van der Waals surface area contributed by atoms with Crippen molar-refractivity contribution in [1.29, 1.82) is 0 Å². The van der Waals surface area contributed by atoms with Gasteiger partial charge in [-0.25, -0.2) is 18.5 Å². The Kier molecular flexibility index (Phi) is 2.90. The van der Waals surface area contributed by atoms with Crippen molar-refractivity contribution in [2.45, 2.75) is 18.7 Å². The second kappa shape index (κ2) is 7.64. The summed E-state index contributed by atoms with van der Waals surface area (Å²) in [6.07, 6.45) is 1.22. The highest BCUT2D eigenvalue weighted by Crippen LogP contribution is 2.28. The lowest BCUT2D eigenvalue weighted by molar-refractivity contribution is 0.597. The molecule has 160 valence electrons. The van der Waals surface area contributed by atoms with Gasteiger partial charge in [-0.1, -0.05) is 6.07 Å². The van der Waals surface area contributed by atoms with Crippen molar-refractivity contribution < 1.29 is 22.1 Å². The van der Waals surface area contributed by atoms with E-state index in [4.69, 9.17) is 18.8 Å². The summed E-state index contributed by atoms with van der Waals surface area (Å²) in [6, 6.07) is 7.05. The lowest BCUT2D eigenvalue weighted by Crippen LogP contribution is -2.14. The maximum atomic E-state index is 12.1. The molecule has 2 aromatic heterocycles. The number of primary sulfonamides is 1. The van der Waals surface area contributed by atoms with Gasteiger partial charge in [-0.05, 0) is 55.7 Å². The van der Waals surface area contributed by atoms with Crippen LogP contribution in [0.2, 0.25) is 0 Å². The van der Waals surface area contributed by atoms with E-state index in [-0.39, 0.29) is 40.4 Å². The Bertz CT molecular complexity index is 1750. The van der Waals surface area contributed by atoms with Crippen LogP contribution >= 0.6 is 0 Å². The highest BCUT2D eigenvalue weighted by Gasteiger charge is 2.14. The van der Waals surface area contributed by atoms with E-state index in [0.29, 0.717) is 5.39 Å². The summed E-state index contributed by atoms with van der Waals surface area (Å²) < 4.78 is 104. The van der Waals surface area contributed by atoms with E-state index in [9.17, 15) is 8.42 Å². The number of nitrogens with two attached hydrogens (primary N) is 1. The maximum absolute atomic E-state index is 12.1. The first-order chi connectivity index (χ1) is 18.7. The SMILES string of the molecule is [2H]c1c(N(c2ccnc(Nc3ccc(C([2H])([2H])[2H])c(S(N)(=O)=O)c3)n2)C([2H])([2H])[2H])ccc2c(C)n(C([2H])([2H])[2H])nc12. The minimum Gasteiger partial charge on any atom is -0.329 e. The first kappa shape index (κ1) is 11.8. The molecule has 10 heteroatoms. The predicted molar refractivity (Wildman–Crippen MR) is 121 cm³/mol. The molecule has 0 atom stereocenters. The van der Waals surface area contributed by atoms with E-state index < -0.39 is 41.3 Å². The van der Waals surface area contributed by atoms with Gasteiger partial charge in [-0.3, -0.25) is 4.68 Å². The van der Waals surface area contributed by atoms with Crippen LogP contribution in [0.25, 0.3) is 10.9 Å². The summed E-state index contributed by atoms with van der Waals surface area (Å²) in [4.78, 5) is 8.37. The number of nitrogens with zero attached hydrogens (tertiary/aromatic N) is 5. The number of aromatic nitrogens is 4. The standard InChI is InChI=1S/C21H23N7O2S/c1-13-5-6-15(11-19(13)31(22,29)30)24-21-23-10-9-20(25-21)27(3)16-7-8-17-14(2)28(4)26-18(17)12-16/h5-12H,1-4H3,(H2,22,29,30)(H,23,24,25)/i1D3,3D3,4D3,12D. The van der Waals surface area contributed by atoms with E-state index in [1.807, 2.05) is 0 Å². The average Bonchev–Trinajstić information content (AvgIpc) is 3.16. The summed E-state index contributed by atoms with van der Waals surface area (Å²) in [5.74, 6) is -0.373. The molecule has 0 radical (unpaired) electrons. The molecule has 0 aliphatic carbocycles. The quantitative estimate of drug-likeness (QED) is 0.482. The van der Waals surface area contributed by atoms with Gasteiger partial charge >= 0.3 is 0 Å². The number of sulfonamides is 1. The molecule has 0 saturated heterocycles. The van der Waals surface area contributed by atoms with Crippen LogP contribution in [0, 0.1) is 13.8 Å². The van der Waals surface area contributed by atoms with Gasteiger partial charge in [0.05, 0.1) is 11.8 Å². The second-order valence-electron chi connectivity index (χ2n) is 6.56. The van der Waals surface area contributed by atoms with Crippen LogP contribution in [-0.2, 0) is 17.0 Å². The van der Waals surface area contributed by atoms with Crippen molar-refractivity contribution in [3.63, 3.8) is 0 Å². The number of hydrogen-bond donors (Lipinski definition) is 2. The highest BCUT2D eigenvalue weighted by molar-refractivity contribution is 7.89. The molecule has 9 nitrogen and oxygen atoms in total. The molecule has 0 aliphatic rings. The van der Waals surface area contributed by atoms with E-state index in [1.54, 1.807) is 0 Å². The van der Waals surface area contributed by atoms with Crippen molar-refractivity contribution in [3.8, 4) is 0 Å². The largest absolute Gasteiger partial charge is 0.329 e. The third-order valence-corrected chi connectivity index (χ3v) is 5.42. The van der Waals surface area contributed by atoms with E-state index >= 15 is 0 Å². The van der Waals surface area contributed by atoms with Crippen molar-refractivity contribution in [2.24, 2.45) is 12.1 Å². The topological polar surface area (TPSA) is 119 Å². The number of anilines is 4. The number of fused-ring (bicyclic) bond motifs is 1. The molecule has 0 amide bonds. The first-order valence-electron chi connectivity index (χ1n) is 13.8. The van der Waals surface area contributed by atoms with Crippen LogP contribution in [0.5, 0.6) is 0 Å². The van der Waals surface area contributed by atoms with Crippen LogP contribution in [-0.4, -0.2) is 35.1 Å². The third-order valence-electron chi connectivity index (χ3n) is 4.47. The number of aryl methyl sites for hydroxylation is 3. The summed E-state index contributed by atoms with van der Waals surface area (Å²) >= 11 is 0. The molecule has 4 rings (SSSR count). The molecular weight excluding hydrogens is 414 g/mol. The first-order valence-corrected chi connectivity index (χ1v) is 10.3. The number of hydrogen-bond acceptors (Lipinski definition) is 7. The summed E-state index contributed by atoms with van der Waals surface area (Å²) in [6.45, 7) is -6.73. The molecule has 2 aromatic carbocycles. The average molecular weight is 448 g/mol. The number of benzene rings is 2. The Morgan fingerprint density at radius 3 is 2.87 bits per heavy atom. The Morgan fingerprint density at radius 1 is 1.26 bits per heavy atom. The number of nitrogens with one attached hydrogen (secondary N) is 1. The smallest absolute Gasteiger partial charge is 0.238 e. The molecule has 2 heterocycles. The zero-order valence-electron chi connectivity index (χ0n) is 26.1. The van der Waals surface area contributed by atoms with E-state index in [0.717, 1.165) is 21.7 Å². The normalized spacial score (nSPS) is 17.6. The fourth-order valence-electron chi connectivity index (χ4n) is 2.88. The zero-order chi connectivity index (χ0) is 30.7. The molecule has 3 N–H and O–H groups in total. The molecule has 4 aromatic rings. The van der Waals surface area contributed by atoms with Crippen LogP contribution < -0.4 is 15.4 Å². The fourth-order valence-corrected chi connectivity index (χ4v) is 3.55. The molecule has 0 spiro atoms. The van der Waals surface area contributed by atoms with Crippen molar-refractivity contribution in [1.82, 2.24) is 19.7 Å². The van der Waals surface area contributed by atoms with Gasteiger partial charge < -0.3 is 10.2 Å². The summed E-state index contributed by atoms with van der Waals surface area (Å²) in [5.41, 5.74) is -0.327. The van der Waals surface area contributed by atoms with Gasteiger partial charge in [0.25, 0.3) is 0 Å². The number of rotatable bonds is 5. The molecule has 0 unspecified atom stereocenters. The maximum Gasteiger partial charge on any atom is 0.238 e. The van der Waals surface area contributed by atoms with Gasteiger partial charge in [0.15, 0.2) is 0 Å². The van der Waals surface area contributed by atoms with Crippen LogP contribution in [0.15, 0.2) is 53.5 Å². The molecule has 0 fully saturated rings. The molecular formula is C21H23N7O2S. The van der Waals surface area contributed by atoms with Gasteiger partial charge in [-0.15, -0.1) is 0 Å². The monoisotopic (exact) mass is 447 g/mol. The molecule has 0 saturated carbocycles. The van der Waals surface area contributed by atoms with Crippen molar-refractivity contribution in [2.75, 3.05) is 17.2 Å². The minimum atomic E-state index is -4.43. The Hall–Kier alpha value is -3.50. The molecule has 0 aliphatic heterocycles. The van der Waals surface area contributed by atoms with Gasteiger partial charge in [0.2, 0.25) is 16.0 Å². The van der Waals surface area contributed by atoms with Gasteiger partial charge in [-0.2, -0.15) is 10.1 Å². The Labute approximate surface area is 194 Å². The fraction of sp³-hybridized carbons (Fsp3) is 0.190.